The van der Waals surface area contributed by atoms with Gasteiger partial charge in [0.2, 0.25) is 0 Å². The normalized spacial score (nSPS) is 15.2. The number of carbonyl (C=O) groups excluding carboxylic acids is 1. The highest BCUT2D eigenvalue weighted by Crippen LogP contribution is 2.37. The van der Waals surface area contributed by atoms with E-state index in [0.717, 1.165) is 29.3 Å². The van der Waals surface area contributed by atoms with E-state index in [1.54, 1.807) is 0 Å². The van der Waals surface area contributed by atoms with Crippen molar-refractivity contribution in [2.75, 3.05) is 18.0 Å². The fourth-order valence-corrected chi connectivity index (χ4v) is 4.54. The minimum atomic E-state index is -4.79. The molecule has 0 spiro atoms. The average molecular weight is 491 g/mol. The van der Waals surface area contributed by atoms with Crippen LogP contribution in [0, 0.1) is 5.92 Å². The van der Waals surface area contributed by atoms with E-state index in [1.165, 1.54) is 31.3 Å². The molecule has 1 unspecified atom stereocenters. The molecule has 1 N–H and O–H groups in total. The summed E-state index contributed by atoms with van der Waals surface area (Å²) in [6, 6.07) is 8.32. The van der Waals surface area contributed by atoms with Gasteiger partial charge in [-0.3, -0.25) is 9.10 Å². The van der Waals surface area contributed by atoms with Gasteiger partial charge in [0.1, 0.15) is 5.75 Å². The summed E-state index contributed by atoms with van der Waals surface area (Å²) in [4.78, 5) is 11.4. The fraction of sp³-hybridized carbons (Fsp3) is 0.381. The number of nitrogens with zero attached hydrogens (tertiary/aromatic N) is 1. The molecule has 0 aliphatic heterocycles. The molecule has 0 aromatic heterocycles. The molecular formula is C21H22ClF3N2O4S. The van der Waals surface area contributed by atoms with Gasteiger partial charge in [0.25, 0.3) is 15.9 Å². The van der Waals surface area contributed by atoms with Crippen molar-refractivity contribution in [3.05, 3.63) is 53.1 Å². The molecule has 1 amide bonds. The van der Waals surface area contributed by atoms with Crippen molar-refractivity contribution >= 4 is 33.2 Å². The van der Waals surface area contributed by atoms with Crippen LogP contribution in [0.5, 0.6) is 5.75 Å². The molecule has 6 nitrogen and oxygen atoms in total. The number of alkyl halides is 3. The first-order valence-electron chi connectivity index (χ1n) is 9.77. The predicted molar refractivity (Wildman–Crippen MR) is 114 cm³/mol. The van der Waals surface area contributed by atoms with Crippen LogP contribution in [0.3, 0.4) is 0 Å². The molecule has 2 aromatic rings. The molecule has 1 atom stereocenters. The van der Waals surface area contributed by atoms with Gasteiger partial charge in [-0.1, -0.05) is 11.6 Å². The molecule has 174 valence electrons. The van der Waals surface area contributed by atoms with E-state index in [4.69, 9.17) is 16.3 Å². The summed E-state index contributed by atoms with van der Waals surface area (Å²) in [6.45, 7) is 1.76. The van der Waals surface area contributed by atoms with Gasteiger partial charge in [-0.05, 0) is 68.1 Å². The summed E-state index contributed by atoms with van der Waals surface area (Å²) in [5.74, 6) is 0.611. The zero-order chi connectivity index (χ0) is 23.7. The fourth-order valence-electron chi connectivity index (χ4n) is 3.09. The first-order valence-corrected chi connectivity index (χ1v) is 11.6. The van der Waals surface area contributed by atoms with Crippen molar-refractivity contribution in [1.29, 1.82) is 0 Å². The third-order valence-corrected chi connectivity index (χ3v) is 7.30. The van der Waals surface area contributed by atoms with Crippen molar-refractivity contribution < 1.29 is 31.1 Å². The lowest BCUT2D eigenvalue weighted by Gasteiger charge is -2.21. The number of halogens is 4. The number of hydrogen-bond donors (Lipinski definition) is 1. The Morgan fingerprint density at radius 3 is 2.41 bits per heavy atom. The summed E-state index contributed by atoms with van der Waals surface area (Å²) in [5, 5.41) is 2.27. The lowest BCUT2D eigenvalue weighted by atomic mass is 10.2. The maximum Gasteiger partial charge on any atom is 0.417 e. The van der Waals surface area contributed by atoms with E-state index in [-0.39, 0.29) is 24.2 Å². The highest BCUT2D eigenvalue weighted by atomic mass is 35.5. The smallest absolute Gasteiger partial charge is 0.417 e. The van der Waals surface area contributed by atoms with E-state index in [1.807, 2.05) is 6.92 Å². The van der Waals surface area contributed by atoms with Crippen molar-refractivity contribution in [3.8, 4) is 5.75 Å². The second-order valence-corrected chi connectivity index (χ2v) is 9.96. The van der Waals surface area contributed by atoms with Crippen LogP contribution < -0.4 is 14.4 Å². The van der Waals surface area contributed by atoms with Crippen molar-refractivity contribution in [1.82, 2.24) is 5.32 Å². The first-order chi connectivity index (χ1) is 14.9. The van der Waals surface area contributed by atoms with Crippen LogP contribution in [-0.2, 0) is 21.0 Å². The molecule has 3 rings (SSSR count). The molecule has 1 fully saturated rings. The maximum atomic E-state index is 13.1. The van der Waals surface area contributed by atoms with Gasteiger partial charge in [-0.2, -0.15) is 13.2 Å². The number of amides is 1. The lowest BCUT2D eigenvalue weighted by Crippen LogP contribution is -2.37. The summed E-state index contributed by atoms with van der Waals surface area (Å²) in [5.41, 5.74) is -1.03. The minimum Gasteiger partial charge on any atom is -0.484 e. The monoisotopic (exact) mass is 490 g/mol. The highest BCUT2D eigenvalue weighted by molar-refractivity contribution is 7.92. The van der Waals surface area contributed by atoms with Gasteiger partial charge in [0, 0.05) is 13.1 Å². The number of hydrogen-bond acceptors (Lipinski definition) is 4. The van der Waals surface area contributed by atoms with Crippen LogP contribution in [0.2, 0.25) is 5.02 Å². The van der Waals surface area contributed by atoms with E-state index in [2.05, 4.69) is 5.32 Å². The Kier molecular flexibility index (Phi) is 6.94. The van der Waals surface area contributed by atoms with Gasteiger partial charge in [0.05, 0.1) is 21.2 Å². The molecule has 1 saturated carbocycles. The summed E-state index contributed by atoms with van der Waals surface area (Å²) < 4.78 is 71.2. The maximum absolute atomic E-state index is 13.1. The number of ether oxygens (including phenoxy) is 1. The summed E-state index contributed by atoms with van der Waals surface area (Å²) >= 11 is 5.57. The molecule has 0 radical (unpaired) electrons. The topological polar surface area (TPSA) is 75.7 Å². The Morgan fingerprint density at radius 2 is 1.84 bits per heavy atom. The Morgan fingerprint density at radius 1 is 1.22 bits per heavy atom. The molecule has 0 bridgehead atoms. The highest BCUT2D eigenvalue weighted by Gasteiger charge is 2.35. The third kappa shape index (κ3) is 5.66. The number of nitrogens with one attached hydrogen (secondary N) is 1. The SMILES string of the molecule is CC(NC(=O)COc1ccc(N(C)S(=O)(=O)c2ccc(Cl)c(C(F)(F)F)c2)cc1)C1CC1. The van der Waals surface area contributed by atoms with Crippen molar-refractivity contribution in [3.63, 3.8) is 0 Å². The molecule has 0 heterocycles. The molecule has 1 aliphatic rings. The molecule has 11 heteroatoms. The van der Waals surface area contributed by atoms with Crippen LogP contribution in [0.4, 0.5) is 18.9 Å². The number of benzene rings is 2. The largest absolute Gasteiger partial charge is 0.484 e. The van der Waals surface area contributed by atoms with Crippen LogP contribution in [0.15, 0.2) is 47.4 Å². The van der Waals surface area contributed by atoms with Gasteiger partial charge in [-0.25, -0.2) is 8.42 Å². The first kappa shape index (κ1) is 24.2. The van der Waals surface area contributed by atoms with Crippen LogP contribution >= 0.6 is 11.6 Å². The second kappa shape index (κ2) is 9.19. The van der Waals surface area contributed by atoms with Crippen molar-refractivity contribution in [2.45, 2.75) is 36.9 Å². The van der Waals surface area contributed by atoms with E-state index in [0.29, 0.717) is 17.7 Å². The standard InChI is InChI=1S/C21H22ClF3N2O4S/c1-13(14-3-4-14)26-20(28)12-31-16-7-5-15(6-8-16)27(2)32(29,30)17-9-10-19(22)18(11-17)21(23,24)25/h5-11,13-14H,3-4,12H2,1-2H3,(H,26,28). The average Bonchev–Trinajstić information content (AvgIpc) is 3.57. The predicted octanol–water partition coefficient (Wildman–Crippen LogP) is 4.48. The van der Waals surface area contributed by atoms with Crippen molar-refractivity contribution in [2.24, 2.45) is 5.92 Å². The Hall–Kier alpha value is -2.46. The zero-order valence-corrected chi connectivity index (χ0v) is 18.9. The summed E-state index contributed by atoms with van der Waals surface area (Å²) in [7, 11) is -3.05. The van der Waals surface area contributed by atoms with Gasteiger partial charge >= 0.3 is 6.18 Å². The summed E-state index contributed by atoms with van der Waals surface area (Å²) in [6.07, 6.45) is -2.58. The van der Waals surface area contributed by atoms with Gasteiger partial charge < -0.3 is 10.1 Å². The molecule has 0 saturated heterocycles. The van der Waals surface area contributed by atoms with Gasteiger partial charge in [-0.15, -0.1) is 0 Å². The number of anilines is 1. The number of sulfonamides is 1. The molecular weight excluding hydrogens is 469 g/mol. The van der Waals surface area contributed by atoms with E-state index in [9.17, 15) is 26.4 Å². The number of carbonyl (C=O) groups is 1. The Balaban J connectivity index is 1.68. The van der Waals surface area contributed by atoms with Gasteiger partial charge in [0.15, 0.2) is 6.61 Å². The quantitative estimate of drug-likeness (QED) is 0.592. The third-order valence-electron chi connectivity index (χ3n) is 5.19. The Labute approximate surface area is 189 Å². The van der Waals surface area contributed by atoms with Crippen LogP contribution in [0.1, 0.15) is 25.3 Å². The second-order valence-electron chi connectivity index (χ2n) is 7.59. The molecule has 2 aromatic carbocycles. The van der Waals surface area contributed by atoms with Crippen LogP contribution in [-0.4, -0.2) is 34.0 Å². The molecule has 32 heavy (non-hydrogen) atoms. The zero-order valence-electron chi connectivity index (χ0n) is 17.3. The number of rotatable bonds is 8. The molecule has 1 aliphatic carbocycles. The van der Waals surface area contributed by atoms with E-state index >= 15 is 0 Å². The Bertz CT molecular complexity index is 1090. The lowest BCUT2D eigenvalue weighted by molar-refractivity contribution is -0.137. The van der Waals surface area contributed by atoms with Crippen LogP contribution in [0.25, 0.3) is 0 Å². The van der Waals surface area contributed by atoms with E-state index < -0.39 is 31.7 Å². The minimum absolute atomic E-state index is 0.0954.